The molecule has 40 heavy (non-hydrogen) atoms. The molecule has 6 nitrogen and oxygen atoms in total. The van der Waals surface area contributed by atoms with Gasteiger partial charge in [-0.2, -0.15) is 10.2 Å². The number of aromatic nitrogens is 4. The summed E-state index contributed by atoms with van der Waals surface area (Å²) in [4.78, 5) is 21.7. The van der Waals surface area contributed by atoms with Crippen molar-refractivity contribution in [3.05, 3.63) is 72.1 Å². The van der Waals surface area contributed by atoms with Gasteiger partial charge < -0.3 is 5.11 Å². The second-order valence-corrected chi connectivity index (χ2v) is 10.4. The molecule has 0 atom stereocenters. The summed E-state index contributed by atoms with van der Waals surface area (Å²) in [5.74, 6) is 0.547. The van der Waals surface area contributed by atoms with E-state index in [1.54, 1.807) is 6.07 Å². The molecule has 0 unspecified atom stereocenters. The van der Waals surface area contributed by atoms with Crippen molar-refractivity contribution >= 4 is 49.3 Å². The molecular weight excluding hydrogens is 697 g/mol. The summed E-state index contributed by atoms with van der Waals surface area (Å²) >= 11 is 1.52. The average molecular weight is 735 g/mol. The number of fused-ring (bicyclic) bond motifs is 3. The summed E-state index contributed by atoms with van der Waals surface area (Å²) in [6, 6.07) is 18.6. The third-order valence-electron chi connectivity index (χ3n) is 6.91. The second kappa shape index (κ2) is 14.5. The van der Waals surface area contributed by atoms with Gasteiger partial charge in [0.25, 0.3) is 0 Å². The van der Waals surface area contributed by atoms with Crippen molar-refractivity contribution in [1.82, 2.24) is 20.2 Å². The van der Waals surface area contributed by atoms with Crippen molar-refractivity contribution in [3.63, 3.8) is 0 Å². The molecule has 0 bridgehead atoms. The number of hydrogen-bond donors (Lipinski definition) is 1. The van der Waals surface area contributed by atoms with Crippen LogP contribution in [0.3, 0.4) is 0 Å². The van der Waals surface area contributed by atoms with Gasteiger partial charge in [-0.3, -0.25) is 9.78 Å². The standard InChI is InChI=1S/C19H11N4S.C13H24O2.Ir/c1-11-17-19(21-14-8-4-3-7-13(14)20-17)18(23-22-11)16-10-12-6-2-5-9-15(12)24-16;1-5-10(6-2)12(14)9-13(15)11(7-3)8-4;/h2-9H,1H3;9-11,14H,5-8H2,1-4H3;/q-1;;/b;12-9-;/i1D3;;. The molecule has 5 aromatic rings. The maximum atomic E-state index is 11.7. The number of allylic oxidation sites excluding steroid dienone is 2. The van der Waals surface area contributed by atoms with Gasteiger partial charge in [0.15, 0.2) is 5.78 Å². The summed E-state index contributed by atoms with van der Waals surface area (Å²) in [6.45, 7) is 5.65. The molecule has 0 aliphatic rings. The van der Waals surface area contributed by atoms with Gasteiger partial charge in [-0.15, -0.1) is 23.6 Å². The van der Waals surface area contributed by atoms with Gasteiger partial charge in [-0.05, 0) is 54.2 Å². The number of thiophene rings is 1. The van der Waals surface area contributed by atoms with Gasteiger partial charge in [0.1, 0.15) is 5.52 Å². The van der Waals surface area contributed by atoms with Gasteiger partial charge in [-0.1, -0.05) is 52.0 Å². The van der Waals surface area contributed by atoms with Crippen molar-refractivity contribution in [2.75, 3.05) is 0 Å². The van der Waals surface area contributed by atoms with Crippen molar-refractivity contribution in [2.45, 2.75) is 60.2 Å². The molecule has 5 rings (SSSR count). The summed E-state index contributed by atoms with van der Waals surface area (Å²) in [5, 5.41) is 18.9. The number of nitrogens with zero attached hydrogens (tertiary/aromatic N) is 4. The predicted molar refractivity (Wildman–Crippen MR) is 161 cm³/mol. The van der Waals surface area contributed by atoms with Crippen LogP contribution in [0.1, 0.15) is 63.2 Å². The number of carbonyl (C=O) groups is 1. The van der Waals surface area contributed by atoms with Crippen LogP contribution in [0.25, 0.3) is 42.7 Å². The van der Waals surface area contributed by atoms with Crippen molar-refractivity contribution in [3.8, 4) is 10.6 Å². The van der Waals surface area contributed by atoms with Crippen LogP contribution in [-0.2, 0) is 24.9 Å². The first-order chi connectivity index (χ1) is 20.1. The SMILES string of the molecule is CCC(CC)C(=O)/C=C(\O)C(CC)CC.[2H]C([2H])([2H])c1nnc(-c2[c-]c3ccccc3s2)c2nc3ccccc3nc12.[Ir]. The van der Waals surface area contributed by atoms with Crippen LogP contribution >= 0.6 is 11.3 Å². The third-order valence-corrected chi connectivity index (χ3v) is 7.99. The molecule has 8 heteroatoms. The molecule has 0 saturated heterocycles. The van der Waals surface area contributed by atoms with E-state index in [0.717, 1.165) is 40.6 Å². The minimum absolute atomic E-state index is 0. The first-order valence-corrected chi connectivity index (χ1v) is 14.2. The number of aliphatic hydroxyl groups excluding tert-OH is 1. The molecule has 2 aromatic carbocycles. The topological polar surface area (TPSA) is 88.9 Å². The van der Waals surface area contributed by atoms with Crippen molar-refractivity contribution in [1.29, 1.82) is 0 Å². The average Bonchev–Trinajstić information content (AvgIpc) is 3.41. The van der Waals surface area contributed by atoms with E-state index < -0.39 is 6.85 Å². The normalized spacial score (nSPS) is 13.1. The van der Waals surface area contributed by atoms with Crippen LogP contribution < -0.4 is 0 Å². The largest absolute Gasteiger partial charge is 0.512 e. The zero-order chi connectivity index (χ0) is 30.4. The van der Waals surface area contributed by atoms with E-state index in [4.69, 9.17) is 4.11 Å². The summed E-state index contributed by atoms with van der Waals surface area (Å²) in [6.07, 6.45) is 4.91. The van der Waals surface area contributed by atoms with Crippen LogP contribution in [0.4, 0.5) is 0 Å². The quantitative estimate of drug-likeness (QED) is 0.0746. The molecule has 0 amide bonds. The number of benzene rings is 2. The number of rotatable bonds is 8. The summed E-state index contributed by atoms with van der Waals surface area (Å²) in [7, 11) is 0. The molecule has 0 fully saturated rings. The van der Waals surface area contributed by atoms with Gasteiger partial charge in [-0.25, -0.2) is 16.3 Å². The number of aryl methyl sites for hydroxylation is 1. The number of para-hydroxylation sites is 2. The van der Waals surface area contributed by atoms with E-state index in [0.29, 0.717) is 22.2 Å². The summed E-state index contributed by atoms with van der Waals surface area (Å²) < 4.78 is 24.4. The van der Waals surface area contributed by atoms with E-state index >= 15 is 0 Å². The van der Waals surface area contributed by atoms with E-state index in [1.165, 1.54) is 17.4 Å². The van der Waals surface area contributed by atoms with Crippen molar-refractivity contribution < 1.29 is 34.1 Å². The van der Waals surface area contributed by atoms with Gasteiger partial charge in [0.2, 0.25) is 0 Å². The third kappa shape index (κ3) is 6.98. The Balaban J connectivity index is 0.000000274. The number of hydrogen-bond acceptors (Lipinski definition) is 7. The minimum atomic E-state index is -2.43. The monoisotopic (exact) mass is 735 g/mol. The molecule has 3 heterocycles. The zero-order valence-electron chi connectivity index (χ0n) is 26.1. The Morgan fingerprint density at radius 3 is 2.12 bits per heavy atom. The smallest absolute Gasteiger partial charge is 0.162 e. The Morgan fingerprint density at radius 1 is 0.925 bits per heavy atom. The fraction of sp³-hybridized carbons (Fsp3) is 0.344. The van der Waals surface area contributed by atoms with Gasteiger partial charge >= 0.3 is 0 Å². The van der Waals surface area contributed by atoms with E-state index in [9.17, 15) is 9.90 Å². The maximum Gasteiger partial charge on any atom is 0.162 e. The molecule has 0 aliphatic heterocycles. The molecule has 1 N–H and O–H groups in total. The van der Waals surface area contributed by atoms with Crippen LogP contribution in [0.15, 0.2) is 60.4 Å². The molecule has 211 valence electrons. The fourth-order valence-corrected chi connectivity index (χ4v) is 5.47. The first-order valence-electron chi connectivity index (χ1n) is 14.9. The zero-order valence-corrected chi connectivity index (χ0v) is 26.3. The fourth-order valence-electron chi connectivity index (χ4n) is 4.48. The first kappa shape index (κ1) is 27.1. The predicted octanol–water partition coefficient (Wildman–Crippen LogP) is 8.43. The number of carbonyl (C=O) groups excluding carboxylic acids is 1. The Kier molecular flexibility index (Phi) is 9.86. The summed E-state index contributed by atoms with van der Waals surface area (Å²) in [5.41, 5.74) is 2.34. The molecule has 1 radical (unpaired) electrons. The molecular formula is C32H35IrN4O2S-. The maximum absolute atomic E-state index is 11.7. The van der Waals surface area contributed by atoms with E-state index in [2.05, 4.69) is 26.2 Å². The Morgan fingerprint density at radius 2 is 1.52 bits per heavy atom. The Bertz CT molecular complexity index is 1700. The molecule has 0 saturated carbocycles. The second-order valence-electron chi connectivity index (χ2n) is 9.36. The Labute approximate surface area is 257 Å². The molecule has 3 aromatic heterocycles. The van der Waals surface area contributed by atoms with E-state index in [1.807, 2.05) is 70.2 Å². The minimum Gasteiger partial charge on any atom is -0.512 e. The molecule has 0 spiro atoms. The van der Waals surface area contributed by atoms with E-state index in [-0.39, 0.29) is 54.7 Å². The van der Waals surface area contributed by atoms with Gasteiger partial charge in [0, 0.05) is 42.1 Å². The van der Waals surface area contributed by atoms with Crippen LogP contribution in [0.5, 0.6) is 0 Å². The van der Waals surface area contributed by atoms with Crippen LogP contribution in [-0.4, -0.2) is 31.1 Å². The van der Waals surface area contributed by atoms with Gasteiger partial charge in [0.05, 0.1) is 33.7 Å². The Hall–Kier alpha value is -3.06. The number of ketones is 1. The van der Waals surface area contributed by atoms with Crippen LogP contribution in [0.2, 0.25) is 0 Å². The van der Waals surface area contributed by atoms with Crippen molar-refractivity contribution in [2.24, 2.45) is 11.8 Å². The number of aliphatic hydroxyl groups is 1. The molecule has 0 aliphatic carbocycles. The van der Waals surface area contributed by atoms with Crippen LogP contribution in [0, 0.1) is 24.8 Å².